The average molecular weight is 467 g/mol. The summed E-state index contributed by atoms with van der Waals surface area (Å²) in [7, 11) is 0. The van der Waals surface area contributed by atoms with Gasteiger partial charge in [-0.1, -0.05) is 12.1 Å². The molecule has 8 bridgehead atoms. The van der Waals surface area contributed by atoms with E-state index in [1.165, 1.54) is 0 Å². The molecular weight excluding hydrogens is 440 g/mol. The summed E-state index contributed by atoms with van der Waals surface area (Å²) in [6, 6.07) is 15.6. The van der Waals surface area contributed by atoms with Crippen LogP contribution in [0.25, 0.3) is 22.0 Å². The number of benzene rings is 2. The Kier molecular flexibility index (Phi) is 5.50. The van der Waals surface area contributed by atoms with Gasteiger partial charge >= 0.3 is 0 Å². The van der Waals surface area contributed by atoms with Gasteiger partial charge in [0.2, 0.25) is 0 Å². The minimum Gasteiger partial charge on any atom is -0.349 e. The number of fused-ring (bicyclic) bond motifs is 5. The van der Waals surface area contributed by atoms with Crippen molar-refractivity contribution >= 4 is 28.4 Å². The van der Waals surface area contributed by atoms with Gasteiger partial charge in [0.05, 0.1) is 5.52 Å². The number of rotatable bonds is 0. The zero-order valence-corrected chi connectivity index (χ0v) is 19.2. The molecule has 4 aromatic rings. The lowest BCUT2D eigenvalue weighted by Gasteiger charge is -2.30. The fourth-order valence-electron chi connectivity index (χ4n) is 5.01. The molecule has 0 spiro atoms. The van der Waals surface area contributed by atoms with Gasteiger partial charge in [0.1, 0.15) is 0 Å². The van der Waals surface area contributed by atoms with Gasteiger partial charge in [-0.25, -0.2) is 0 Å². The number of anilines is 1. The van der Waals surface area contributed by atoms with Crippen molar-refractivity contribution in [2.75, 3.05) is 5.32 Å². The molecule has 3 aliphatic rings. The highest BCUT2D eigenvalue weighted by molar-refractivity contribution is 6.12. The van der Waals surface area contributed by atoms with Crippen LogP contribution < -0.4 is 16.0 Å². The van der Waals surface area contributed by atoms with Gasteiger partial charge in [0.25, 0.3) is 11.8 Å². The van der Waals surface area contributed by atoms with Gasteiger partial charge in [-0.05, 0) is 73.2 Å². The van der Waals surface area contributed by atoms with Gasteiger partial charge < -0.3 is 16.0 Å². The van der Waals surface area contributed by atoms with Crippen LogP contribution in [-0.4, -0.2) is 39.1 Å². The van der Waals surface area contributed by atoms with Gasteiger partial charge in [-0.15, -0.1) is 0 Å². The van der Waals surface area contributed by atoms with Crippen LogP contribution in [0.4, 0.5) is 5.69 Å². The Balaban J connectivity index is 1.40. The summed E-state index contributed by atoms with van der Waals surface area (Å²) in [5.41, 5.74) is 5.22. The van der Waals surface area contributed by atoms with Crippen molar-refractivity contribution in [1.29, 1.82) is 0 Å². The topological polar surface area (TPSA) is 112 Å². The molecule has 4 heterocycles. The van der Waals surface area contributed by atoms with Crippen molar-refractivity contribution in [3.05, 3.63) is 77.7 Å². The second-order valence-electron chi connectivity index (χ2n) is 9.35. The van der Waals surface area contributed by atoms with Crippen LogP contribution in [0.5, 0.6) is 0 Å². The standard InChI is InChI=1S/C27H26N6O2/c34-26-18-2-1-3-22(11-18)31-27(35)25-23-12-17(4-9-24(23)32-33-25)19-10-16(13-28-15-19)14-29-20-5-7-21(30-26)8-6-20/h1-4,9-13,15,20-21,29H,5-8,14H2,(H,30,34)(H,31,35)(H,32,33). The summed E-state index contributed by atoms with van der Waals surface area (Å²) >= 11 is 0. The van der Waals surface area contributed by atoms with E-state index in [4.69, 9.17) is 0 Å². The summed E-state index contributed by atoms with van der Waals surface area (Å²) in [4.78, 5) is 30.5. The van der Waals surface area contributed by atoms with E-state index in [1.54, 1.807) is 24.3 Å². The van der Waals surface area contributed by atoms with Crippen LogP contribution >= 0.6 is 0 Å². The number of amides is 2. The van der Waals surface area contributed by atoms with Crippen LogP contribution in [-0.2, 0) is 6.54 Å². The van der Waals surface area contributed by atoms with Gasteiger partial charge in [-0.3, -0.25) is 19.7 Å². The van der Waals surface area contributed by atoms with Crippen LogP contribution in [0.3, 0.4) is 0 Å². The van der Waals surface area contributed by atoms with E-state index in [0.717, 1.165) is 59.8 Å². The molecule has 176 valence electrons. The van der Waals surface area contributed by atoms with Crippen molar-refractivity contribution in [2.24, 2.45) is 0 Å². The summed E-state index contributed by atoms with van der Waals surface area (Å²) in [6.07, 6.45) is 7.61. The number of carbonyl (C=O) groups excluding carboxylic acids is 2. The Labute approximate surface area is 202 Å². The second kappa shape index (κ2) is 8.96. The van der Waals surface area contributed by atoms with Crippen LogP contribution in [0.2, 0.25) is 0 Å². The fourth-order valence-corrected chi connectivity index (χ4v) is 5.01. The first-order valence-electron chi connectivity index (χ1n) is 12.0. The van der Waals surface area contributed by atoms with E-state index in [-0.39, 0.29) is 17.9 Å². The molecule has 1 saturated carbocycles. The predicted molar refractivity (Wildman–Crippen MR) is 134 cm³/mol. The molecule has 7 rings (SSSR count). The molecule has 2 aliphatic heterocycles. The van der Waals surface area contributed by atoms with Crippen molar-refractivity contribution in [3.63, 3.8) is 0 Å². The Hall–Kier alpha value is -4.04. The minimum absolute atomic E-state index is 0.121. The first kappa shape index (κ1) is 21.5. The first-order valence-corrected chi connectivity index (χ1v) is 12.0. The first-order chi connectivity index (χ1) is 17.1. The summed E-state index contributed by atoms with van der Waals surface area (Å²) < 4.78 is 0. The Bertz CT molecular complexity index is 1420. The Morgan fingerprint density at radius 2 is 1.66 bits per heavy atom. The second-order valence-corrected chi connectivity index (χ2v) is 9.35. The number of carbonyl (C=O) groups is 2. The number of hydrogen-bond donors (Lipinski definition) is 4. The molecule has 0 saturated heterocycles. The third-order valence-corrected chi connectivity index (χ3v) is 6.95. The quantitative estimate of drug-likeness (QED) is 0.313. The summed E-state index contributed by atoms with van der Waals surface area (Å²) in [5, 5.41) is 17.6. The molecular formula is C27H26N6O2. The number of H-pyrrole nitrogens is 1. The minimum atomic E-state index is -0.338. The SMILES string of the molecule is O=C1NC2CCC(CC2)NCc2cncc(c2)-c2ccc3[nH]nc(c3c2)C(=O)Nc2cccc1c2. The molecule has 0 radical (unpaired) electrons. The van der Waals surface area contributed by atoms with Crippen LogP contribution in [0, 0.1) is 0 Å². The monoisotopic (exact) mass is 466 g/mol. The third kappa shape index (κ3) is 4.40. The normalized spacial score (nSPS) is 20.5. The van der Waals surface area contributed by atoms with Crippen LogP contribution in [0.1, 0.15) is 52.1 Å². The van der Waals surface area contributed by atoms with E-state index < -0.39 is 0 Å². The fraction of sp³-hybridized carbons (Fsp3) is 0.259. The number of aromatic amines is 1. The van der Waals surface area contributed by atoms with Crippen molar-refractivity contribution in [2.45, 2.75) is 44.3 Å². The van der Waals surface area contributed by atoms with Gasteiger partial charge in [0.15, 0.2) is 5.69 Å². The zero-order chi connectivity index (χ0) is 23.8. The van der Waals surface area contributed by atoms with E-state index in [1.807, 2.05) is 30.6 Å². The molecule has 0 atom stereocenters. The lowest BCUT2D eigenvalue weighted by atomic mass is 9.90. The number of pyridine rings is 1. The maximum atomic E-state index is 13.1. The lowest BCUT2D eigenvalue weighted by Crippen LogP contribution is -2.42. The Morgan fingerprint density at radius 1 is 0.800 bits per heavy atom. The highest BCUT2D eigenvalue weighted by Gasteiger charge is 2.23. The lowest BCUT2D eigenvalue weighted by molar-refractivity contribution is 0.0923. The maximum absolute atomic E-state index is 13.1. The molecule has 8 nitrogen and oxygen atoms in total. The number of aromatic nitrogens is 3. The van der Waals surface area contributed by atoms with Gasteiger partial charge in [-0.2, -0.15) is 5.10 Å². The highest BCUT2D eigenvalue weighted by Crippen LogP contribution is 2.27. The van der Waals surface area contributed by atoms with Crippen LogP contribution in [0.15, 0.2) is 60.9 Å². The average Bonchev–Trinajstić information content (AvgIpc) is 3.32. The predicted octanol–water partition coefficient (Wildman–Crippen LogP) is 4.02. The zero-order valence-electron chi connectivity index (χ0n) is 19.2. The largest absolute Gasteiger partial charge is 0.349 e. The van der Waals surface area contributed by atoms with Gasteiger partial charge in [0, 0.05) is 53.2 Å². The molecule has 1 aliphatic carbocycles. The summed E-state index contributed by atoms with van der Waals surface area (Å²) in [5.74, 6) is -0.459. The number of hydrogen-bond acceptors (Lipinski definition) is 5. The highest BCUT2D eigenvalue weighted by atomic mass is 16.2. The van der Waals surface area contributed by atoms with Crippen molar-refractivity contribution < 1.29 is 9.59 Å². The van der Waals surface area contributed by atoms with Crippen molar-refractivity contribution in [3.8, 4) is 11.1 Å². The van der Waals surface area contributed by atoms with E-state index in [0.29, 0.717) is 23.0 Å². The molecule has 2 amide bonds. The smallest absolute Gasteiger partial charge is 0.276 e. The third-order valence-electron chi connectivity index (χ3n) is 6.95. The Morgan fingerprint density at radius 3 is 2.54 bits per heavy atom. The molecule has 0 unspecified atom stereocenters. The number of nitrogens with zero attached hydrogens (tertiary/aromatic N) is 2. The summed E-state index contributed by atoms with van der Waals surface area (Å²) in [6.45, 7) is 0.733. The number of nitrogens with one attached hydrogen (secondary N) is 4. The molecule has 1 fully saturated rings. The van der Waals surface area contributed by atoms with E-state index in [2.05, 4.69) is 37.2 Å². The maximum Gasteiger partial charge on any atom is 0.276 e. The molecule has 2 aromatic carbocycles. The van der Waals surface area contributed by atoms with Crippen molar-refractivity contribution in [1.82, 2.24) is 25.8 Å². The molecule has 8 heteroatoms. The molecule has 4 N–H and O–H groups in total. The van der Waals surface area contributed by atoms with E-state index in [9.17, 15) is 9.59 Å². The molecule has 35 heavy (non-hydrogen) atoms. The molecule has 2 aromatic heterocycles. The van der Waals surface area contributed by atoms with E-state index >= 15 is 0 Å².